The molecule has 0 atom stereocenters. The van der Waals surface area contributed by atoms with Gasteiger partial charge in [-0.25, -0.2) is 9.78 Å². The van der Waals surface area contributed by atoms with Crippen LogP contribution in [-0.2, 0) is 15.3 Å². The second-order valence-electron chi connectivity index (χ2n) is 5.74. The SMILES string of the molecule is COC(=O)C(C)(C)NC(=O)c1ccc(SCc2csc(C)n2)cc1. The number of thioether (sulfide) groups is 1. The molecule has 1 amide bonds. The minimum absolute atomic E-state index is 0.308. The summed E-state index contributed by atoms with van der Waals surface area (Å²) in [6.07, 6.45) is 0. The van der Waals surface area contributed by atoms with E-state index in [0.717, 1.165) is 21.3 Å². The lowest BCUT2D eigenvalue weighted by Gasteiger charge is -2.23. The van der Waals surface area contributed by atoms with E-state index in [9.17, 15) is 9.59 Å². The van der Waals surface area contributed by atoms with Gasteiger partial charge in [-0.15, -0.1) is 23.1 Å². The number of ether oxygens (including phenoxy) is 1. The maximum atomic E-state index is 12.2. The number of methoxy groups -OCH3 is 1. The van der Waals surface area contributed by atoms with Gasteiger partial charge in [0.05, 0.1) is 17.8 Å². The summed E-state index contributed by atoms with van der Waals surface area (Å²) >= 11 is 3.31. The number of hydrogen-bond acceptors (Lipinski definition) is 6. The fraction of sp³-hybridized carbons (Fsp3) is 0.353. The number of nitrogens with zero attached hydrogens (tertiary/aromatic N) is 1. The highest BCUT2D eigenvalue weighted by Gasteiger charge is 2.30. The van der Waals surface area contributed by atoms with E-state index in [1.54, 1.807) is 49.1 Å². The number of carbonyl (C=O) groups is 2. The highest BCUT2D eigenvalue weighted by atomic mass is 32.2. The van der Waals surface area contributed by atoms with E-state index < -0.39 is 11.5 Å². The third-order valence-corrected chi connectivity index (χ3v) is 5.16. The quantitative estimate of drug-likeness (QED) is 0.628. The van der Waals surface area contributed by atoms with Crippen LogP contribution < -0.4 is 5.32 Å². The second-order valence-corrected chi connectivity index (χ2v) is 7.85. The Morgan fingerprint density at radius 1 is 1.29 bits per heavy atom. The molecular weight excluding hydrogens is 344 g/mol. The molecule has 1 aromatic heterocycles. The lowest BCUT2D eigenvalue weighted by Crippen LogP contribution is -2.50. The average molecular weight is 364 g/mol. The Balaban J connectivity index is 1.95. The number of rotatable bonds is 6. The Hall–Kier alpha value is -1.86. The van der Waals surface area contributed by atoms with E-state index in [1.807, 2.05) is 19.1 Å². The minimum Gasteiger partial charge on any atom is -0.467 e. The van der Waals surface area contributed by atoms with Gasteiger partial charge in [0.2, 0.25) is 0 Å². The van der Waals surface area contributed by atoms with Gasteiger partial charge in [-0.05, 0) is 45.0 Å². The van der Waals surface area contributed by atoms with E-state index in [1.165, 1.54) is 7.11 Å². The van der Waals surface area contributed by atoms with Crippen molar-refractivity contribution in [3.8, 4) is 0 Å². The zero-order valence-electron chi connectivity index (χ0n) is 14.1. The van der Waals surface area contributed by atoms with Crippen molar-refractivity contribution in [1.82, 2.24) is 10.3 Å². The molecule has 0 fully saturated rings. The molecule has 0 radical (unpaired) electrons. The van der Waals surface area contributed by atoms with E-state index in [0.29, 0.717) is 5.56 Å². The molecule has 1 N–H and O–H groups in total. The number of amides is 1. The molecule has 5 nitrogen and oxygen atoms in total. The summed E-state index contributed by atoms with van der Waals surface area (Å²) < 4.78 is 4.68. The molecule has 0 aliphatic heterocycles. The first-order valence-corrected chi connectivity index (χ1v) is 9.23. The molecule has 0 saturated carbocycles. The number of esters is 1. The van der Waals surface area contributed by atoms with E-state index >= 15 is 0 Å². The molecule has 2 rings (SSSR count). The summed E-state index contributed by atoms with van der Waals surface area (Å²) in [5, 5.41) is 5.79. The molecule has 0 bridgehead atoms. The van der Waals surface area contributed by atoms with E-state index in [4.69, 9.17) is 0 Å². The zero-order valence-corrected chi connectivity index (χ0v) is 15.7. The maximum absolute atomic E-state index is 12.2. The summed E-state index contributed by atoms with van der Waals surface area (Å²) in [5.41, 5.74) is 0.492. The van der Waals surface area contributed by atoms with Gasteiger partial charge in [0.15, 0.2) is 0 Å². The molecule has 0 saturated heterocycles. The largest absolute Gasteiger partial charge is 0.467 e. The Bertz CT molecular complexity index is 724. The van der Waals surface area contributed by atoms with Crippen LogP contribution in [0.2, 0.25) is 0 Å². The molecule has 1 aromatic carbocycles. The fourth-order valence-corrected chi connectivity index (χ4v) is 3.51. The molecular formula is C17H20N2O3S2. The summed E-state index contributed by atoms with van der Waals surface area (Å²) in [6.45, 7) is 5.20. The van der Waals surface area contributed by atoms with Crippen LogP contribution in [0.1, 0.15) is 34.9 Å². The molecule has 24 heavy (non-hydrogen) atoms. The average Bonchev–Trinajstić information content (AvgIpc) is 2.97. The van der Waals surface area contributed by atoms with Crippen molar-refractivity contribution in [3.05, 3.63) is 45.9 Å². The second kappa shape index (κ2) is 7.81. The predicted octanol–water partition coefficient (Wildman–Crippen LogP) is 3.43. The third-order valence-electron chi connectivity index (χ3n) is 3.29. The van der Waals surface area contributed by atoms with Crippen molar-refractivity contribution < 1.29 is 14.3 Å². The van der Waals surface area contributed by atoms with Crippen LogP contribution in [0.3, 0.4) is 0 Å². The van der Waals surface area contributed by atoms with Crippen LogP contribution >= 0.6 is 23.1 Å². The molecule has 0 aliphatic rings. The van der Waals surface area contributed by atoms with Crippen molar-refractivity contribution in [2.75, 3.05) is 7.11 Å². The topological polar surface area (TPSA) is 68.3 Å². The maximum Gasteiger partial charge on any atom is 0.330 e. The van der Waals surface area contributed by atoms with Gasteiger partial charge in [-0.2, -0.15) is 0 Å². The molecule has 0 spiro atoms. The monoisotopic (exact) mass is 364 g/mol. The normalized spacial score (nSPS) is 11.2. The Morgan fingerprint density at radius 3 is 2.50 bits per heavy atom. The number of hydrogen-bond donors (Lipinski definition) is 1. The number of aryl methyl sites for hydroxylation is 1. The zero-order chi connectivity index (χ0) is 17.7. The Morgan fingerprint density at radius 2 is 1.96 bits per heavy atom. The van der Waals surface area contributed by atoms with Gasteiger partial charge in [0, 0.05) is 21.6 Å². The molecule has 0 unspecified atom stereocenters. The first kappa shape index (κ1) is 18.5. The first-order chi connectivity index (χ1) is 11.3. The van der Waals surface area contributed by atoms with Gasteiger partial charge in [0.25, 0.3) is 5.91 Å². The third kappa shape index (κ3) is 4.82. The predicted molar refractivity (Wildman–Crippen MR) is 96.4 cm³/mol. The minimum atomic E-state index is -1.07. The van der Waals surface area contributed by atoms with Gasteiger partial charge in [-0.1, -0.05) is 0 Å². The number of nitrogens with one attached hydrogen (secondary N) is 1. The van der Waals surface area contributed by atoms with Crippen molar-refractivity contribution in [2.45, 2.75) is 37.0 Å². The van der Waals surface area contributed by atoms with Crippen molar-refractivity contribution in [3.63, 3.8) is 0 Å². The van der Waals surface area contributed by atoms with Gasteiger partial charge >= 0.3 is 5.97 Å². The molecule has 0 aliphatic carbocycles. The van der Waals surface area contributed by atoms with Gasteiger partial charge in [-0.3, -0.25) is 4.79 Å². The summed E-state index contributed by atoms with van der Waals surface area (Å²) in [7, 11) is 1.30. The Labute approximate surface area is 149 Å². The van der Waals surface area contributed by atoms with Crippen LogP contribution in [-0.4, -0.2) is 29.5 Å². The summed E-state index contributed by atoms with van der Waals surface area (Å²) in [4.78, 5) is 29.4. The lowest BCUT2D eigenvalue weighted by atomic mass is 10.1. The van der Waals surface area contributed by atoms with Crippen molar-refractivity contribution in [1.29, 1.82) is 0 Å². The van der Waals surface area contributed by atoms with Crippen molar-refractivity contribution >= 4 is 35.0 Å². The van der Waals surface area contributed by atoms with Gasteiger partial charge < -0.3 is 10.1 Å². The molecule has 1 heterocycles. The van der Waals surface area contributed by atoms with E-state index in [-0.39, 0.29) is 5.91 Å². The fourth-order valence-electron chi connectivity index (χ4n) is 2.00. The Kier molecular flexibility index (Phi) is 6.01. The number of thiazole rings is 1. The van der Waals surface area contributed by atoms with Crippen LogP contribution in [0.4, 0.5) is 0 Å². The van der Waals surface area contributed by atoms with Crippen LogP contribution in [0.25, 0.3) is 0 Å². The first-order valence-electron chi connectivity index (χ1n) is 7.36. The number of carbonyl (C=O) groups excluding carboxylic acids is 2. The number of benzene rings is 1. The standard InChI is InChI=1S/C17H20N2O3S2/c1-11-18-13(9-23-11)10-24-14-7-5-12(6-8-14)15(20)19-17(2,3)16(21)22-4/h5-9H,10H2,1-4H3,(H,19,20). The van der Waals surface area contributed by atoms with Gasteiger partial charge in [0.1, 0.15) is 5.54 Å². The van der Waals surface area contributed by atoms with Crippen LogP contribution in [0.5, 0.6) is 0 Å². The molecule has 7 heteroatoms. The van der Waals surface area contributed by atoms with E-state index in [2.05, 4.69) is 20.4 Å². The highest BCUT2D eigenvalue weighted by Crippen LogP contribution is 2.24. The summed E-state index contributed by atoms with van der Waals surface area (Å²) in [5.74, 6) is 0.00397. The smallest absolute Gasteiger partial charge is 0.330 e. The molecule has 2 aromatic rings. The number of aromatic nitrogens is 1. The lowest BCUT2D eigenvalue weighted by molar-refractivity contribution is -0.146. The van der Waals surface area contributed by atoms with Crippen LogP contribution in [0, 0.1) is 6.92 Å². The van der Waals surface area contributed by atoms with Crippen LogP contribution in [0.15, 0.2) is 34.5 Å². The highest BCUT2D eigenvalue weighted by molar-refractivity contribution is 7.98. The summed E-state index contributed by atoms with van der Waals surface area (Å²) in [6, 6.07) is 7.28. The molecule has 128 valence electrons. The van der Waals surface area contributed by atoms with Crippen molar-refractivity contribution in [2.24, 2.45) is 0 Å².